The van der Waals surface area contributed by atoms with E-state index in [1.165, 1.54) is 25.7 Å². The smallest absolute Gasteiger partial charge is 0.0621 e. The lowest BCUT2D eigenvalue weighted by molar-refractivity contribution is -0.106. The molecule has 1 nitrogen and oxygen atoms in total. The highest BCUT2D eigenvalue weighted by Gasteiger charge is 2.47. The van der Waals surface area contributed by atoms with Crippen molar-refractivity contribution in [2.24, 2.45) is 17.3 Å². The van der Waals surface area contributed by atoms with Crippen LogP contribution in [0.2, 0.25) is 0 Å². The van der Waals surface area contributed by atoms with Crippen LogP contribution in [0.15, 0.2) is 0 Å². The molecular weight excluding hydrogens is 136 g/mol. The van der Waals surface area contributed by atoms with Gasteiger partial charge >= 0.3 is 0 Å². The number of hydrogen-bond acceptors (Lipinski definition) is 1. The Hall–Kier alpha value is -0.0400. The van der Waals surface area contributed by atoms with Crippen LogP contribution in [0.25, 0.3) is 0 Å². The fourth-order valence-corrected chi connectivity index (χ4v) is 3.03. The van der Waals surface area contributed by atoms with E-state index in [9.17, 15) is 5.11 Å². The molecule has 0 aromatic rings. The third-order valence-corrected chi connectivity index (χ3v) is 4.03. The maximum atomic E-state index is 9.93. The van der Waals surface area contributed by atoms with Gasteiger partial charge in [-0.1, -0.05) is 13.8 Å². The summed E-state index contributed by atoms with van der Waals surface area (Å²) in [5, 5.41) is 9.93. The topological polar surface area (TPSA) is 20.2 Å². The number of rotatable bonds is 0. The lowest BCUT2D eigenvalue weighted by Crippen LogP contribution is -2.49. The van der Waals surface area contributed by atoms with Gasteiger partial charge in [-0.3, -0.25) is 0 Å². The van der Waals surface area contributed by atoms with E-state index in [0.29, 0.717) is 5.92 Å². The van der Waals surface area contributed by atoms with Crippen molar-refractivity contribution in [1.29, 1.82) is 0 Å². The van der Waals surface area contributed by atoms with Crippen LogP contribution in [0.5, 0.6) is 0 Å². The van der Waals surface area contributed by atoms with E-state index >= 15 is 0 Å². The van der Waals surface area contributed by atoms with Crippen LogP contribution in [0, 0.1) is 17.3 Å². The Morgan fingerprint density at radius 1 is 1.09 bits per heavy atom. The molecule has 0 heterocycles. The average Bonchev–Trinajstić information content (AvgIpc) is 2.01. The summed E-state index contributed by atoms with van der Waals surface area (Å²) in [4.78, 5) is 0. The van der Waals surface area contributed by atoms with Crippen molar-refractivity contribution in [2.75, 3.05) is 0 Å². The molecule has 3 aliphatic carbocycles. The molecule has 64 valence electrons. The summed E-state index contributed by atoms with van der Waals surface area (Å²) >= 11 is 0. The van der Waals surface area contributed by atoms with Crippen molar-refractivity contribution in [3.63, 3.8) is 0 Å². The zero-order valence-electron chi connectivity index (χ0n) is 7.51. The Labute approximate surface area is 68.8 Å². The van der Waals surface area contributed by atoms with Crippen molar-refractivity contribution in [3.05, 3.63) is 0 Å². The van der Waals surface area contributed by atoms with E-state index in [0.717, 1.165) is 5.92 Å². The second-order valence-electron chi connectivity index (χ2n) is 4.88. The van der Waals surface area contributed by atoms with Crippen LogP contribution in [-0.2, 0) is 0 Å². The molecule has 2 bridgehead atoms. The number of hydrogen-bond donors (Lipinski definition) is 1. The minimum absolute atomic E-state index is 0.0185. The van der Waals surface area contributed by atoms with Gasteiger partial charge < -0.3 is 5.11 Å². The first-order valence-corrected chi connectivity index (χ1v) is 4.80. The standard InChI is InChI=1S/C10H18O/c1-10(2)8-5-3-7(4-6-8)9(10)11/h7-9,11H,3-6H2,1-2H3/t7?,8?,9-/m1/s1. The maximum Gasteiger partial charge on any atom is 0.0621 e. The zero-order chi connectivity index (χ0) is 8.06. The van der Waals surface area contributed by atoms with Gasteiger partial charge in [0.2, 0.25) is 0 Å². The van der Waals surface area contributed by atoms with E-state index in [2.05, 4.69) is 13.8 Å². The predicted molar refractivity (Wildman–Crippen MR) is 45.2 cm³/mol. The lowest BCUT2D eigenvalue weighted by Gasteiger charge is -2.52. The Bertz CT molecular complexity index is 150. The summed E-state index contributed by atoms with van der Waals surface area (Å²) in [5.41, 5.74) is 0.209. The first-order valence-electron chi connectivity index (χ1n) is 4.80. The molecule has 1 atom stereocenters. The molecule has 3 saturated carbocycles. The monoisotopic (exact) mass is 154 g/mol. The fourth-order valence-electron chi connectivity index (χ4n) is 3.03. The third-order valence-electron chi connectivity index (χ3n) is 4.03. The second kappa shape index (κ2) is 2.22. The van der Waals surface area contributed by atoms with Crippen molar-refractivity contribution < 1.29 is 5.11 Å². The molecule has 3 fully saturated rings. The highest BCUT2D eigenvalue weighted by molar-refractivity contribution is 4.98. The molecule has 0 radical (unpaired) electrons. The van der Waals surface area contributed by atoms with Gasteiger partial charge in [0.05, 0.1) is 6.10 Å². The summed E-state index contributed by atoms with van der Waals surface area (Å²) in [6.07, 6.45) is 5.24. The van der Waals surface area contributed by atoms with Crippen LogP contribution in [0.1, 0.15) is 39.5 Å². The molecule has 0 aromatic carbocycles. The summed E-state index contributed by atoms with van der Waals surface area (Å²) in [6.45, 7) is 4.46. The first-order chi connectivity index (χ1) is 5.12. The molecule has 0 saturated heterocycles. The molecule has 1 N–H and O–H groups in total. The van der Waals surface area contributed by atoms with Crippen molar-refractivity contribution in [1.82, 2.24) is 0 Å². The van der Waals surface area contributed by atoms with Gasteiger partial charge in [0.1, 0.15) is 0 Å². The van der Waals surface area contributed by atoms with Gasteiger partial charge in [-0.2, -0.15) is 0 Å². The zero-order valence-corrected chi connectivity index (χ0v) is 7.51. The first kappa shape index (κ1) is 7.60. The van der Waals surface area contributed by atoms with Gasteiger partial charge in [-0.15, -0.1) is 0 Å². The predicted octanol–water partition coefficient (Wildman–Crippen LogP) is 2.19. The maximum absolute atomic E-state index is 9.93. The SMILES string of the molecule is CC1(C)C2CCC(CC2)[C@H]1O. The summed E-state index contributed by atoms with van der Waals surface area (Å²) in [7, 11) is 0. The normalized spacial score (nSPS) is 47.7. The molecule has 3 aliphatic rings. The van der Waals surface area contributed by atoms with Gasteiger partial charge in [0.25, 0.3) is 0 Å². The molecule has 0 amide bonds. The quantitative estimate of drug-likeness (QED) is 0.567. The van der Waals surface area contributed by atoms with Crippen LogP contribution in [-0.4, -0.2) is 11.2 Å². The molecule has 0 aliphatic heterocycles. The highest BCUT2D eigenvalue weighted by Crippen LogP contribution is 2.51. The Kier molecular flexibility index (Phi) is 1.54. The minimum atomic E-state index is -0.0185. The van der Waals surface area contributed by atoms with Crippen molar-refractivity contribution >= 4 is 0 Å². The van der Waals surface area contributed by atoms with Gasteiger partial charge in [-0.05, 0) is 42.9 Å². The van der Waals surface area contributed by atoms with Gasteiger partial charge in [0, 0.05) is 0 Å². The largest absolute Gasteiger partial charge is 0.392 e. The van der Waals surface area contributed by atoms with Crippen LogP contribution < -0.4 is 0 Å². The Morgan fingerprint density at radius 2 is 1.64 bits per heavy atom. The van der Waals surface area contributed by atoms with E-state index in [4.69, 9.17) is 0 Å². The van der Waals surface area contributed by atoms with Crippen LogP contribution in [0.4, 0.5) is 0 Å². The van der Waals surface area contributed by atoms with E-state index in [1.807, 2.05) is 0 Å². The van der Waals surface area contributed by atoms with Gasteiger partial charge in [0.15, 0.2) is 0 Å². The summed E-state index contributed by atoms with van der Waals surface area (Å²) in [6, 6.07) is 0. The summed E-state index contributed by atoms with van der Waals surface area (Å²) in [5.74, 6) is 1.41. The van der Waals surface area contributed by atoms with Crippen molar-refractivity contribution in [2.45, 2.75) is 45.6 Å². The molecule has 11 heavy (non-hydrogen) atoms. The highest BCUT2D eigenvalue weighted by atomic mass is 16.3. The number of fused-ring (bicyclic) bond motifs is 3. The molecule has 0 unspecified atom stereocenters. The Morgan fingerprint density at radius 3 is 1.91 bits per heavy atom. The van der Waals surface area contributed by atoms with Crippen LogP contribution in [0.3, 0.4) is 0 Å². The van der Waals surface area contributed by atoms with Crippen LogP contribution >= 0.6 is 0 Å². The van der Waals surface area contributed by atoms with E-state index in [-0.39, 0.29) is 11.5 Å². The number of aliphatic hydroxyl groups is 1. The van der Waals surface area contributed by atoms with Crippen molar-refractivity contribution in [3.8, 4) is 0 Å². The summed E-state index contributed by atoms with van der Waals surface area (Å²) < 4.78 is 0. The molecule has 0 aromatic heterocycles. The second-order valence-corrected chi connectivity index (χ2v) is 4.88. The number of aliphatic hydroxyl groups excluding tert-OH is 1. The third kappa shape index (κ3) is 0.936. The fraction of sp³-hybridized carbons (Fsp3) is 1.00. The van der Waals surface area contributed by atoms with E-state index in [1.54, 1.807) is 0 Å². The lowest BCUT2D eigenvalue weighted by atomic mass is 9.56. The average molecular weight is 154 g/mol. The molecule has 3 rings (SSSR count). The molecular formula is C10H18O. The van der Waals surface area contributed by atoms with Gasteiger partial charge in [-0.25, -0.2) is 0 Å². The molecule has 0 spiro atoms. The molecule has 1 heteroatoms. The van der Waals surface area contributed by atoms with E-state index < -0.39 is 0 Å². The Balaban J connectivity index is 2.23. The minimum Gasteiger partial charge on any atom is -0.392 e.